The highest BCUT2D eigenvalue weighted by molar-refractivity contribution is 5.84. The molecule has 3 heteroatoms. The van der Waals surface area contributed by atoms with Crippen LogP contribution >= 0.6 is 0 Å². The molecule has 0 radical (unpaired) electrons. The molecule has 1 N–H and O–H groups in total. The second kappa shape index (κ2) is 9.53. The number of hydrogen-bond donors (Lipinski definition) is 1. The van der Waals surface area contributed by atoms with Gasteiger partial charge in [0.15, 0.2) is 0 Å². The van der Waals surface area contributed by atoms with Crippen molar-refractivity contribution in [3.8, 4) is 0 Å². The predicted octanol–water partition coefficient (Wildman–Crippen LogP) is 4.58. The lowest BCUT2D eigenvalue weighted by Gasteiger charge is -2.24. The molecule has 148 valence electrons. The van der Waals surface area contributed by atoms with Gasteiger partial charge in [-0.05, 0) is 42.4 Å². The summed E-state index contributed by atoms with van der Waals surface area (Å²) in [6.07, 6.45) is 3.70. The molecule has 3 aromatic carbocycles. The van der Waals surface area contributed by atoms with E-state index in [2.05, 4.69) is 66.0 Å². The number of hydrogen-bond acceptors (Lipinski definition) is 2. The van der Waals surface area contributed by atoms with E-state index in [4.69, 9.17) is 0 Å². The average Bonchev–Trinajstić information content (AvgIpc) is 3.07. The SMILES string of the molecule is O=C1[C@H](CCc2ccccc2)N[C@@H](CCc2ccccc2)N1Cc1ccccc1. The van der Waals surface area contributed by atoms with Gasteiger partial charge >= 0.3 is 0 Å². The zero-order valence-corrected chi connectivity index (χ0v) is 16.7. The molecule has 1 aliphatic rings. The number of nitrogens with zero attached hydrogens (tertiary/aromatic N) is 1. The van der Waals surface area contributed by atoms with Crippen molar-refractivity contribution in [3.05, 3.63) is 108 Å². The molecule has 1 fully saturated rings. The lowest BCUT2D eigenvalue weighted by molar-refractivity contribution is -0.130. The lowest BCUT2D eigenvalue weighted by atomic mass is 10.1. The number of amides is 1. The highest BCUT2D eigenvalue weighted by atomic mass is 16.2. The molecule has 0 spiro atoms. The molecule has 3 nitrogen and oxygen atoms in total. The van der Waals surface area contributed by atoms with Gasteiger partial charge in [-0.3, -0.25) is 10.1 Å². The lowest BCUT2D eigenvalue weighted by Crippen LogP contribution is -2.37. The minimum atomic E-state index is -0.111. The third kappa shape index (κ3) is 5.12. The van der Waals surface area contributed by atoms with E-state index in [0.717, 1.165) is 25.7 Å². The standard InChI is InChI=1S/C26H28N2O/c29-26-24(18-16-21-10-4-1-5-11-21)27-25(19-17-22-12-6-2-7-13-22)28(26)20-23-14-8-3-9-15-23/h1-15,24-25,27H,16-20H2/t24-,25+/m0/s1. The number of carbonyl (C=O) groups excluding carboxylic acids is 1. The third-order valence-electron chi connectivity index (χ3n) is 5.66. The number of nitrogens with one attached hydrogen (secondary N) is 1. The summed E-state index contributed by atoms with van der Waals surface area (Å²) in [4.78, 5) is 15.3. The first-order chi connectivity index (χ1) is 14.3. The van der Waals surface area contributed by atoms with Gasteiger partial charge < -0.3 is 4.90 Å². The Morgan fingerprint density at radius 3 is 1.69 bits per heavy atom. The highest BCUT2D eigenvalue weighted by Gasteiger charge is 2.37. The van der Waals surface area contributed by atoms with E-state index >= 15 is 0 Å². The van der Waals surface area contributed by atoms with Gasteiger partial charge in [-0.1, -0.05) is 91.0 Å². The van der Waals surface area contributed by atoms with E-state index in [9.17, 15) is 4.79 Å². The van der Waals surface area contributed by atoms with E-state index in [1.54, 1.807) is 0 Å². The van der Waals surface area contributed by atoms with Crippen LogP contribution in [-0.2, 0) is 24.2 Å². The van der Waals surface area contributed by atoms with Crippen LogP contribution in [0, 0.1) is 0 Å². The van der Waals surface area contributed by atoms with Gasteiger partial charge in [0.05, 0.1) is 12.2 Å². The van der Waals surface area contributed by atoms with Gasteiger partial charge in [-0.25, -0.2) is 0 Å². The van der Waals surface area contributed by atoms with Gasteiger partial charge in [0.25, 0.3) is 0 Å². The van der Waals surface area contributed by atoms with Gasteiger partial charge in [0.1, 0.15) is 0 Å². The summed E-state index contributed by atoms with van der Waals surface area (Å²) in [6.45, 7) is 0.661. The van der Waals surface area contributed by atoms with Crippen molar-refractivity contribution in [1.82, 2.24) is 10.2 Å². The van der Waals surface area contributed by atoms with Crippen molar-refractivity contribution in [2.24, 2.45) is 0 Å². The van der Waals surface area contributed by atoms with Crippen LogP contribution in [0.3, 0.4) is 0 Å². The minimum absolute atomic E-state index is 0.0729. The zero-order chi connectivity index (χ0) is 19.9. The molecule has 4 rings (SSSR count). The zero-order valence-electron chi connectivity index (χ0n) is 16.7. The van der Waals surface area contributed by atoms with Crippen molar-refractivity contribution in [1.29, 1.82) is 0 Å². The van der Waals surface area contributed by atoms with Crippen LogP contribution in [-0.4, -0.2) is 23.0 Å². The molecular weight excluding hydrogens is 356 g/mol. The maximum atomic E-state index is 13.2. The minimum Gasteiger partial charge on any atom is -0.321 e. The maximum absolute atomic E-state index is 13.2. The Balaban J connectivity index is 1.44. The average molecular weight is 385 g/mol. The molecule has 1 amide bonds. The normalized spacial score (nSPS) is 18.9. The number of carbonyl (C=O) groups is 1. The summed E-state index contributed by atoms with van der Waals surface area (Å²) in [5.41, 5.74) is 3.77. The quantitative estimate of drug-likeness (QED) is 0.617. The third-order valence-corrected chi connectivity index (χ3v) is 5.66. The van der Waals surface area contributed by atoms with Gasteiger partial charge in [-0.2, -0.15) is 0 Å². The molecule has 3 aromatic rings. The fourth-order valence-corrected chi connectivity index (χ4v) is 4.07. The van der Waals surface area contributed by atoms with Crippen LogP contribution in [0.2, 0.25) is 0 Å². The molecule has 1 saturated heterocycles. The molecule has 1 heterocycles. The van der Waals surface area contributed by atoms with Crippen LogP contribution < -0.4 is 5.32 Å². The Morgan fingerprint density at radius 1 is 0.655 bits per heavy atom. The van der Waals surface area contributed by atoms with Gasteiger partial charge in [-0.15, -0.1) is 0 Å². The Bertz CT molecular complexity index is 896. The van der Waals surface area contributed by atoms with Crippen molar-refractivity contribution < 1.29 is 4.79 Å². The summed E-state index contributed by atoms with van der Waals surface area (Å²) in [5, 5.41) is 3.63. The monoisotopic (exact) mass is 384 g/mol. The summed E-state index contributed by atoms with van der Waals surface area (Å²) in [7, 11) is 0. The smallest absolute Gasteiger partial charge is 0.241 e. The van der Waals surface area contributed by atoms with Crippen LogP contribution in [0.15, 0.2) is 91.0 Å². The first-order valence-corrected chi connectivity index (χ1v) is 10.5. The van der Waals surface area contributed by atoms with Crippen LogP contribution in [0.1, 0.15) is 29.5 Å². The van der Waals surface area contributed by atoms with Crippen LogP contribution in [0.4, 0.5) is 0 Å². The summed E-state index contributed by atoms with van der Waals surface area (Å²) in [5.74, 6) is 0.225. The van der Waals surface area contributed by atoms with Crippen molar-refractivity contribution in [3.63, 3.8) is 0 Å². The second-order valence-electron chi connectivity index (χ2n) is 7.74. The van der Waals surface area contributed by atoms with Gasteiger partial charge in [0, 0.05) is 6.54 Å². The fraction of sp³-hybridized carbons (Fsp3) is 0.269. The Hall–Kier alpha value is -2.91. The molecule has 0 aromatic heterocycles. The Kier molecular flexibility index (Phi) is 6.38. The molecule has 1 aliphatic heterocycles. The topological polar surface area (TPSA) is 32.3 Å². The van der Waals surface area contributed by atoms with E-state index < -0.39 is 0 Å². The van der Waals surface area contributed by atoms with Gasteiger partial charge in [0.2, 0.25) is 5.91 Å². The Morgan fingerprint density at radius 2 is 1.14 bits per heavy atom. The highest BCUT2D eigenvalue weighted by Crippen LogP contribution is 2.22. The summed E-state index contributed by atoms with van der Waals surface area (Å²) >= 11 is 0. The number of benzene rings is 3. The van der Waals surface area contributed by atoms with E-state index in [1.807, 2.05) is 35.2 Å². The van der Waals surface area contributed by atoms with Crippen molar-refractivity contribution in [2.45, 2.75) is 44.4 Å². The molecule has 0 saturated carbocycles. The fourth-order valence-electron chi connectivity index (χ4n) is 4.07. The summed E-state index contributed by atoms with van der Waals surface area (Å²) in [6, 6.07) is 31.1. The Labute approximate surface area is 173 Å². The summed E-state index contributed by atoms with van der Waals surface area (Å²) < 4.78 is 0. The van der Waals surface area contributed by atoms with E-state index in [0.29, 0.717) is 6.54 Å². The largest absolute Gasteiger partial charge is 0.321 e. The molecule has 2 atom stereocenters. The molecular formula is C26H28N2O. The first-order valence-electron chi connectivity index (χ1n) is 10.5. The molecule has 0 bridgehead atoms. The predicted molar refractivity (Wildman–Crippen MR) is 117 cm³/mol. The van der Waals surface area contributed by atoms with Crippen LogP contribution in [0.5, 0.6) is 0 Å². The molecule has 0 aliphatic carbocycles. The van der Waals surface area contributed by atoms with Crippen molar-refractivity contribution in [2.75, 3.05) is 0 Å². The van der Waals surface area contributed by atoms with Crippen LogP contribution in [0.25, 0.3) is 0 Å². The maximum Gasteiger partial charge on any atom is 0.241 e. The van der Waals surface area contributed by atoms with E-state index in [1.165, 1.54) is 16.7 Å². The van der Waals surface area contributed by atoms with Crippen molar-refractivity contribution >= 4 is 5.91 Å². The second-order valence-corrected chi connectivity index (χ2v) is 7.74. The van der Waals surface area contributed by atoms with E-state index in [-0.39, 0.29) is 18.1 Å². The number of aryl methyl sites for hydroxylation is 2. The number of rotatable bonds is 8. The molecule has 0 unspecified atom stereocenters. The molecule has 29 heavy (non-hydrogen) atoms. The first kappa shape index (κ1) is 19.4.